The summed E-state index contributed by atoms with van der Waals surface area (Å²) in [4.78, 5) is 27.6. The summed E-state index contributed by atoms with van der Waals surface area (Å²) in [6, 6.07) is 8.49. The van der Waals surface area contributed by atoms with Crippen molar-refractivity contribution in [2.24, 2.45) is 0 Å². The predicted molar refractivity (Wildman–Crippen MR) is 124 cm³/mol. The zero-order chi connectivity index (χ0) is 23.0. The molecule has 1 unspecified atom stereocenters. The first kappa shape index (κ1) is 25.4. The van der Waals surface area contributed by atoms with Crippen LogP contribution >= 0.6 is 34.8 Å². The molecule has 2 aromatic carbocycles. The molecule has 4 nitrogen and oxygen atoms in total. The maximum absolute atomic E-state index is 14.3. The van der Waals surface area contributed by atoms with E-state index in [1.807, 2.05) is 13.8 Å². The van der Waals surface area contributed by atoms with Gasteiger partial charge in [0, 0.05) is 33.7 Å². The van der Waals surface area contributed by atoms with Gasteiger partial charge >= 0.3 is 0 Å². The summed E-state index contributed by atoms with van der Waals surface area (Å²) < 4.78 is 14.3. The molecule has 0 aliphatic carbocycles. The topological polar surface area (TPSA) is 49.4 Å². The van der Waals surface area contributed by atoms with Crippen molar-refractivity contribution in [1.29, 1.82) is 0 Å². The summed E-state index contributed by atoms with van der Waals surface area (Å²) >= 11 is 18.4. The monoisotopic (exact) mass is 486 g/mol. The maximum atomic E-state index is 14.3. The van der Waals surface area contributed by atoms with Crippen LogP contribution in [0.15, 0.2) is 36.4 Å². The van der Waals surface area contributed by atoms with E-state index in [0.29, 0.717) is 28.6 Å². The molecule has 2 aromatic rings. The van der Waals surface area contributed by atoms with Gasteiger partial charge in [0.25, 0.3) is 0 Å². The molecule has 0 aliphatic heterocycles. The van der Waals surface area contributed by atoms with E-state index >= 15 is 0 Å². The number of nitrogens with zero attached hydrogens (tertiary/aromatic N) is 1. The molecular weight excluding hydrogens is 462 g/mol. The largest absolute Gasteiger partial charge is 0.354 e. The Kier molecular flexibility index (Phi) is 10.1. The van der Waals surface area contributed by atoms with E-state index in [4.69, 9.17) is 34.8 Å². The standard InChI is InChI=1S/C23H26Cl3FN2O2/c1-3-5-11-28-23(31)21(4-2)29(14-15-9-10-16(24)12-19(15)26)22(30)13-17-18(25)7-6-8-20(17)27/h6-10,12,21H,3-5,11,13-14H2,1-2H3,(H,28,31). The molecule has 8 heteroatoms. The average Bonchev–Trinajstić information content (AvgIpc) is 2.72. The van der Waals surface area contributed by atoms with Crippen LogP contribution in [0, 0.1) is 5.82 Å². The number of amides is 2. The number of unbranched alkanes of at least 4 members (excludes halogenated alkanes) is 1. The Morgan fingerprint density at radius 3 is 2.45 bits per heavy atom. The maximum Gasteiger partial charge on any atom is 0.242 e. The molecule has 0 heterocycles. The third-order valence-electron chi connectivity index (χ3n) is 4.96. The Morgan fingerprint density at radius 2 is 1.84 bits per heavy atom. The van der Waals surface area contributed by atoms with Gasteiger partial charge in [-0.05, 0) is 42.7 Å². The third-order valence-corrected chi connectivity index (χ3v) is 5.90. The van der Waals surface area contributed by atoms with E-state index in [1.54, 1.807) is 18.2 Å². The zero-order valence-corrected chi connectivity index (χ0v) is 19.8. The SMILES string of the molecule is CCCCNC(=O)C(CC)N(Cc1ccc(Cl)cc1Cl)C(=O)Cc1c(F)cccc1Cl. The van der Waals surface area contributed by atoms with Crippen molar-refractivity contribution in [2.75, 3.05) is 6.54 Å². The quantitative estimate of drug-likeness (QED) is 0.415. The highest BCUT2D eigenvalue weighted by atomic mass is 35.5. The van der Waals surface area contributed by atoms with Crippen molar-refractivity contribution < 1.29 is 14.0 Å². The van der Waals surface area contributed by atoms with Gasteiger partial charge in [-0.15, -0.1) is 0 Å². The molecule has 0 saturated carbocycles. The average molecular weight is 488 g/mol. The molecule has 0 saturated heterocycles. The fourth-order valence-electron chi connectivity index (χ4n) is 3.21. The second-order valence-corrected chi connectivity index (χ2v) is 8.45. The van der Waals surface area contributed by atoms with Crippen LogP contribution in [0.4, 0.5) is 4.39 Å². The van der Waals surface area contributed by atoms with E-state index in [2.05, 4.69) is 5.32 Å². The summed E-state index contributed by atoms with van der Waals surface area (Å²) in [7, 11) is 0. The van der Waals surface area contributed by atoms with Gasteiger partial charge in [0.05, 0.1) is 6.42 Å². The number of carbonyl (C=O) groups is 2. The Morgan fingerprint density at radius 1 is 1.10 bits per heavy atom. The first-order valence-electron chi connectivity index (χ1n) is 10.2. The summed E-state index contributed by atoms with van der Waals surface area (Å²) in [5.74, 6) is -1.24. The minimum Gasteiger partial charge on any atom is -0.354 e. The molecule has 1 N–H and O–H groups in total. The lowest BCUT2D eigenvalue weighted by atomic mass is 10.1. The van der Waals surface area contributed by atoms with Crippen LogP contribution in [0.1, 0.15) is 44.2 Å². The summed E-state index contributed by atoms with van der Waals surface area (Å²) in [6.45, 7) is 4.46. The van der Waals surface area contributed by atoms with Crippen LogP contribution in [0.2, 0.25) is 15.1 Å². The number of hydrogen-bond donors (Lipinski definition) is 1. The van der Waals surface area contributed by atoms with Crippen LogP contribution in [-0.2, 0) is 22.6 Å². The van der Waals surface area contributed by atoms with Crippen molar-refractivity contribution in [3.8, 4) is 0 Å². The van der Waals surface area contributed by atoms with Crippen LogP contribution in [0.5, 0.6) is 0 Å². The van der Waals surface area contributed by atoms with E-state index in [-0.39, 0.29) is 29.5 Å². The molecule has 168 valence electrons. The summed E-state index contributed by atoms with van der Waals surface area (Å²) in [5, 5.41) is 3.90. The molecule has 0 aromatic heterocycles. The number of rotatable bonds is 10. The predicted octanol–water partition coefficient (Wildman–Crippen LogP) is 6.05. The fraction of sp³-hybridized carbons (Fsp3) is 0.391. The number of carbonyl (C=O) groups excluding carboxylic acids is 2. The van der Waals surface area contributed by atoms with Crippen molar-refractivity contribution in [1.82, 2.24) is 10.2 Å². The van der Waals surface area contributed by atoms with Crippen LogP contribution in [-0.4, -0.2) is 29.3 Å². The van der Waals surface area contributed by atoms with Gasteiger partial charge in [0.15, 0.2) is 0 Å². The van der Waals surface area contributed by atoms with Crippen molar-refractivity contribution in [3.63, 3.8) is 0 Å². The molecule has 1 atom stereocenters. The number of halogens is 4. The van der Waals surface area contributed by atoms with E-state index in [0.717, 1.165) is 12.8 Å². The Bertz CT molecular complexity index is 903. The minimum atomic E-state index is -0.735. The summed E-state index contributed by atoms with van der Waals surface area (Å²) in [5.41, 5.74) is 0.737. The van der Waals surface area contributed by atoms with Gasteiger partial charge in [-0.3, -0.25) is 9.59 Å². The number of hydrogen-bond acceptors (Lipinski definition) is 2. The van der Waals surface area contributed by atoms with Gasteiger partial charge in [-0.1, -0.05) is 67.2 Å². The van der Waals surface area contributed by atoms with E-state index in [9.17, 15) is 14.0 Å². The molecule has 2 amide bonds. The van der Waals surface area contributed by atoms with Crippen molar-refractivity contribution >= 4 is 46.6 Å². The lowest BCUT2D eigenvalue weighted by Crippen LogP contribution is -2.49. The molecule has 0 radical (unpaired) electrons. The minimum absolute atomic E-state index is 0.0839. The Hall–Kier alpha value is -1.82. The molecule has 0 fully saturated rings. The van der Waals surface area contributed by atoms with Crippen LogP contribution < -0.4 is 5.32 Å². The lowest BCUT2D eigenvalue weighted by molar-refractivity contribution is -0.141. The van der Waals surface area contributed by atoms with Gasteiger partial charge in [-0.25, -0.2) is 4.39 Å². The second-order valence-electron chi connectivity index (χ2n) is 7.20. The molecule has 2 rings (SSSR count). The Balaban J connectivity index is 2.35. The van der Waals surface area contributed by atoms with Crippen LogP contribution in [0.3, 0.4) is 0 Å². The fourth-order valence-corrected chi connectivity index (χ4v) is 3.91. The zero-order valence-electron chi connectivity index (χ0n) is 17.6. The molecule has 0 spiro atoms. The van der Waals surface area contributed by atoms with Gasteiger partial charge < -0.3 is 10.2 Å². The Labute approximate surface area is 197 Å². The normalized spacial score (nSPS) is 11.8. The number of benzene rings is 2. The molecule has 0 aliphatic rings. The lowest BCUT2D eigenvalue weighted by Gasteiger charge is -2.31. The van der Waals surface area contributed by atoms with Gasteiger partial charge in [0.1, 0.15) is 11.9 Å². The third kappa shape index (κ3) is 7.09. The number of nitrogens with one attached hydrogen (secondary N) is 1. The molecule has 31 heavy (non-hydrogen) atoms. The first-order chi connectivity index (χ1) is 14.8. The molecular formula is C23H26Cl3FN2O2. The van der Waals surface area contributed by atoms with Crippen molar-refractivity contribution in [3.05, 3.63) is 68.4 Å². The van der Waals surface area contributed by atoms with Crippen molar-refractivity contribution in [2.45, 2.75) is 52.1 Å². The highest BCUT2D eigenvalue weighted by Crippen LogP contribution is 2.25. The highest BCUT2D eigenvalue weighted by Gasteiger charge is 2.30. The summed E-state index contributed by atoms with van der Waals surface area (Å²) in [6.07, 6.45) is 1.89. The second kappa shape index (κ2) is 12.3. The smallest absolute Gasteiger partial charge is 0.242 e. The first-order valence-corrected chi connectivity index (χ1v) is 11.4. The molecule has 0 bridgehead atoms. The van der Waals surface area contributed by atoms with Gasteiger partial charge in [0.2, 0.25) is 11.8 Å². The van der Waals surface area contributed by atoms with Crippen LogP contribution in [0.25, 0.3) is 0 Å². The highest BCUT2D eigenvalue weighted by molar-refractivity contribution is 6.35. The van der Waals surface area contributed by atoms with E-state index < -0.39 is 17.8 Å². The van der Waals surface area contributed by atoms with Gasteiger partial charge in [-0.2, -0.15) is 0 Å². The van der Waals surface area contributed by atoms with E-state index in [1.165, 1.54) is 23.1 Å².